The summed E-state index contributed by atoms with van der Waals surface area (Å²) in [6, 6.07) is 0. The van der Waals surface area contributed by atoms with Gasteiger partial charge >= 0.3 is 0 Å². The van der Waals surface area contributed by atoms with Crippen molar-refractivity contribution in [3.63, 3.8) is 0 Å². The predicted molar refractivity (Wildman–Crippen MR) is 58.9 cm³/mol. The third-order valence-corrected chi connectivity index (χ3v) is 2.95. The van der Waals surface area contributed by atoms with Crippen LogP contribution in [-0.4, -0.2) is 15.9 Å². The zero-order valence-corrected chi connectivity index (χ0v) is 10.1. The highest BCUT2D eigenvalue weighted by Crippen LogP contribution is 2.50. The maximum Gasteiger partial charge on any atom is 0.213 e. The first-order valence-corrected chi connectivity index (χ1v) is 5.70. The molecule has 2 rings (SSSR count). The summed E-state index contributed by atoms with van der Waals surface area (Å²) in [4.78, 5) is 16.0. The first-order valence-electron chi connectivity index (χ1n) is 5.70. The number of carbonyl (C=O) groups is 1. The summed E-state index contributed by atoms with van der Waals surface area (Å²) in [7, 11) is 0. The number of nitrogens with zero attached hydrogens (tertiary/aromatic N) is 2. The van der Waals surface area contributed by atoms with Crippen LogP contribution in [0, 0.1) is 5.41 Å². The van der Waals surface area contributed by atoms with Crippen molar-refractivity contribution in [2.45, 2.75) is 51.9 Å². The van der Waals surface area contributed by atoms with Crippen LogP contribution < -0.4 is 0 Å². The van der Waals surface area contributed by atoms with E-state index >= 15 is 0 Å². The molecule has 0 saturated heterocycles. The van der Waals surface area contributed by atoms with E-state index in [0.29, 0.717) is 24.4 Å². The van der Waals surface area contributed by atoms with Crippen molar-refractivity contribution < 1.29 is 9.32 Å². The van der Waals surface area contributed by atoms with Crippen molar-refractivity contribution in [2.24, 2.45) is 5.41 Å². The Hall–Kier alpha value is -1.19. The number of hydrogen-bond acceptors (Lipinski definition) is 4. The molecule has 0 bridgehead atoms. The Morgan fingerprint density at radius 2 is 2.19 bits per heavy atom. The van der Waals surface area contributed by atoms with E-state index in [1.807, 2.05) is 0 Å². The monoisotopic (exact) mass is 222 g/mol. The molecule has 0 unspecified atom stereocenters. The van der Waals surface area contributed by atoms with E-state index < -0.39 is 0 Å². The van der Waals surface area contributed by atoms with Crippen LogP contribution >= 0.6 is 0 Å². The smallest absolute Gasteiger partial charge is 0.213 e. The molecule has 0 aliphatic heterocycles. The van der Waals surface area contributed by atoms with Crippen LogP contribution in [0.15, 0.2) is 10.9 Å². The van der Waals surface area contributed by atoms with Crippen molar-refractivity contribution in [3.05, 3.63) is 12.2 Å². The van der Waals surface area contributed by atoms with E-state index in [4.69, 9.17) is 4.52 Å². The lowest BCUT2D eigenvalue weighted by Gasteiger charge is -2.18. The predicted octanol–water partition coefficient (Wildman–Crippen LogP) is 2.50. The lowest BCUT2D eigenvalue weighted by Crippen LogP contribution is -2.19. The fraction of sp³-hybridized carbons (Fsp3) is 0.750. The molecule has 0 radical (unpaired) electrons. The van der Waals surface area contributed by atoms with Gasteiger partial charge in [0, 0.05) is 18.3 Å². The Morgan fingerprint density at radius 3 is 2.62 bits per heavy atom. The zero-order valence-electron chi connectivity index (χ0n) is 10.1. The largest absolute Gasteiger partial charge is 0.343 e. The van der Waals surface area contributed by atoms with E-state index in [1.54, 1.807) is 0 Å². The van der Waals surface area contributed by atoms with E-state index in [0.717, 1.165) is 12.8 Å². The maximum atomic E-state index is 11.9. The minimum Gasteiger partial charge on any atom is -0.343 e. The minimum absolute atomic E-state index is 0.0599. The molecule has 1 heterocycles. The number of Topliss-reactive ketones (excluding diaryl/α,β-unsaturated/α-hetero) is 1. The maximum absolute atomic E-state index is 11.9. The van der Waals surface area contributed by atoms with Gasteiger partial charge in [-0.25, -0.2) is 0 Å². The fourth-order valence-corrected chi connectivity index (χ4v) is 2.07. The first-order chi connectivity index (χ1) is 7.41. The van der Waals surface area contributed by atoms with Gasteiger partial charge in [-0.1, -0.05) is 25.9 Å². The van der Waals surface area contributed by atoms with Crippen molar-refractivity contribution in [1.29, 1.82) is 0 Å². The van der Waals surface area contributed by atoms with Gasteiger partial charge in [0.1, 0.15) is 5.78 Å². The number of rotatable bonds is 4. The molecule has 0 amide bonds. The number of ketones is 1. The normalized spacial score (nSPS) is 18.4. The molecule has 1 aromatic rings. The second kappa shape index (κ2) is 3.68. The van der Waals surface area contributed by atoms with Gasteiger partial charge in [0.2, 0.25) is 6.39 Å². The Bertz CT molecular complexity index is 372. The van der Waals surface area contributed by atoms with Gasteiger partial charge in [0.25, 0.3) is 0 Å². The SMILES string of the molecule is CC(C)(C)CC(=O)CC1(c2ncon2)CC1. The Kier molecular flexibility index (Phi) is 2.60. The summed E-state index contributed by atoms with van der Waals surface area (Å²) in [5.74, 6) is 1.00. The lowest BCUT2D eigenvalue weighted by molar-refractivity contribution is -0.121. The second-order valence-corrected chi connectivity index (χ2v) is 5.99. The third kappa shape index (κ3) is 2.49. The molecule has 1 aliphatic rings. The Labute approximate surface area is 95.4 Å². The van der Waals surface area contributed by atoms with Gasteiger partial charge in [-0.2, -0.15) is 4.98 Å². The zero-order chi connectivity index (χ0) is 11.8. The average Bonchev–Trinajstić information content (AvgIpc) is 2.71. The first kappa shape index (κ1) is 11.3. The standard InChI is InChI=1S/C12H18N2O2/c1-11(2,3)6-9(15)7-12(4-5-12)10-13-8-16-14-10/h8H,4-7H2,1-3H3. The van der Waals surface area contributed by atoms with Gasteiger partial charge in [0.05, 0.1) is 0 Å². The summed E-state index contributed by atoms with van der Waals surface area (Å²) in [5, 5.41) is 3.86. The molecule has 0 aromatic carbocycles. The molecule has 0 atom stereocenters. The van der Waals surface area contributed by atoms with Crippen molar-refractivity contribution in [1.82, 2.24) is 10.1 Å². The molecule has 4 heteroatoms. The summed E-state index contributed by atoms with van der Waals surface area (Å²) in [6.45, 7) is 6.25. The highest BCUT2D eigenvalue weighted by Gasteiger charge is 2.49. The van der Waals surface area contributed by atoms with Gasteiger partial charge in [-0.3, -0.25) is 4.79 Å². The quantitative estimate of drug-likeness (QED) is 0.785. The summed E-state index contributed by atoms with van der Waals surface area (Å²) < 4.78 is 4.75. The van der Waals surface area contributed by atoms with Crippen molar-refractivity contribution in [2.75, 3.05) is 0 Å². The van der Waals surface area contributed by atoms with Crippen LogP contribution in [0.4, 0.5) is 0 Å². The number of aromatic nitrogens is 2. The number of hydrogen-bond donors (Lipinski definition) is 0. The second-order valence-electron chi connectivity index (χ2n) is 5.99. The average molecular weight is 222 g/mol. The Balaban J connectivity index is 1.98. The molecule has 0 N–H and O–H groups in total. The number of carbonyl (C=O) groups excluding carboxylic acids is 1. The van der Waals surface area contributed by atoms with E-state index in [9.17, 15) is 4.79 Å². The molecular weight excluding hydrogens is 204 g/mol. The van der Waals surface area contributed by atoms with Gasteiger partial charge in [-0.05, 0) is 18.3 Å². The lowest BCUT2D eigenvalue weighted by atomic mass is 9.86. The Morgan fingerprint density at radius 1 is 1.50 bits per heavy atom. The van der Waals surface area contributed by atoms with E-state index in [2.05, 4.69) is 30.9 Å². The molecule has 1 fully saturated rings. The highest BCUT2D eigenvalue weighted by molar-refractivity contribution is 5.80. The van der Waals surface area contributed by atoms with Crippen LogP contribution in [0.3, 0.4) is 0 Å². The molecule has 16 heavy (non-hydrogen) atoms. The van der Waals surface area contributed by atoms with Crippen LogP contribution in [0.2, 0.25) is 0 Å². The van der Waals surface area contributed by atoms with Crippen LogP contribution in [0.25, 0.3) is 0 Å². The van der Waals surface area contributed by atoms with Gasteiger partial charge in [-0.15, -0.1) is 0 Å². The summed E-state index contributed by atoms with van der Waals surface area (Å²) >= 11 is 0. The molecule has 4 nitrogen and oxygen atoms in total. The highest BCUT2D eigenvalue weighted by atomic mass is 16.5. The summed E-state index contributed by atoms with van der Waals surface area (Å²) in [6.07, 6.45) is 4.52. The van der Waals surface area contributed by atoms with E-state index in [1.165, 1.54) is 6.39 Å². The van der Waals surface area contributed by atoms with Crippen LogP contribution in [0.1, 0.15) is 52.3 Å². The fourth-order valence-electron chi connectivity index (χ4n) is 2.07. The molecule has 88 valence electrons. The molecule has 1 saturated carbocycles. The van der Waals surface area contributed by atoms with Crippen molar-refractivity contribution in [3.8, 4) is 0 Å². The van der Waals surface area contributed by atoms with Crippen LogP contribution in [-0.2, 0) is 10.2 Å². The van der Waals surface area contributed by atoms with E-state index in [-0.39, 0.29) is 10.8 Å². The third-order valence-electron chi connectivity index (χ3n) is 2.95. The van der Waals surface area contributed by atoms with Crippen molar-refractivity contribution >= 4 is 5.78 Å². The molecule has 1 aromatic heterocycles. The minimum atomic E-state index is -0.102. The molecule has 0 spiro atoms. The van der Waals surface area contributed by atoms with Gasteiger partial charge in [0.15, 0.2) is 5.82 Å². The molecular formula is C12H18N2O2. The molecule has 1 aliphatic carbocycles. The van der Waals surface area contributed by atoms with Gasteiger partial charge < -0.3 is 4.52 Å². The van der Waals surface area contributed by atoms with Crippen LogP contribution in [0.5, 0.6) is 0 Å². The summed E-state index contributed by atoms with van der Waals surface area (Å²) in [5.41, 5.74) is -0.0419. The topological polar surface area (TPSA) is 56.0 Å².